The molecular weight excluding hydrogens is 513 g/mol. The van der Waals surface area contributed by atoms with Gasteiger partial charge in [0, 0.05) is 19.2 Å². The lowest BCUT2D eigenvalue weighted by molar-refractivity contribution is -0.139. The highest BCUT2D eigenvalue weighted by atomic mass is 35.5. The van der Waals surface area contributed by atoms with Crippen molar-refractivity contribution in [3.05, 3.63) is 58.1 Å². The lowest BCUT2D eigenvalue weighted by Crippen LogP contribution is -2.51. The van der Waals surface area contributed by atoms with Crippen LogP contribution in [0.15, 0.2) is 42.5 Å². The van der Waals surface area contributed by atoms with Gasteiger partial charge in [-0.1, -0.05) is 48.7 Å². The molecule has 0 spiro atoms. The van der Waals surface area contributed by atoms with Crippen molar-refractivity contribution in [2.75, 3.05) is 30.8 Å². The Morgan fingerprint density at radius 3 is 2.43 bits per heavy atom. The van der Waals surface area contributed by atoms with Crippen LogP contribution in [0.2, 0.25) is 10.0 Å². The second-order valence-electron chi connectivity index (χ2n) is 8.06. The number of hydrogen-bond donors (Lipinski definition) is 1. The monoisotopic (exact) mass is 543 g/mol. The van der Waals surface area contributed by atoms with Gasteiger partial charge in [-0.3, -0.25) is 13.9 Å². The molecule has 0 bridgehead atoms. The van der Waals surface area contributed by atoms with E-state index in [-0.39, 0.29) is 18.1 Å². The van der Waals surface area contributed by atoms with Gasteiger partial charge in [0.05, 0.1) is 29.1 Å². The molecule has 0 saturated heterocycles. The molecule has 0 saturated carbocycles. The lowest BCUT2D eigenvalue weighted by Gasteiger charge is -2.31. The molecule has 192 valence electrons. The number of nitrogens with zero attached hydrogens (tertiary/aromatic N) is 2. The number of carbonyl (C=O) groups is 2. The predicted molar refractivity (Wildman–Crippen MR) is 140 cm³/mol. The van der Waals surface area contributed by atoms with Crippen LogP contribution in [0.1, 0.15) is 32.3 Å². The third kappa shape index (κ3) is 8.30. The summed E-state index contributed by atoms with van der Waals surface area (Å²) in [7, 11) is -2.36. The number of amides is 2. The molecule has 0 aromatic heterocycles. The van der Waals surface area contributed by atoms with Gasteiger partial charge in [0.15, 0.2) is 0 Å². The third-order valence-electron chi connectivity index (χ3n) is 5.35. The van der Waals surface area contributed by atoms with Crippen LogP contribution in [0.5, 0.6) is 5.75 Å². The van der Waals surface area contributed by atoms with Gasteiger partial charge < -0.3 is 15.0 Å². The van der Waals surface area contributed by atoms with Crippen LogP contribution in [-0.2, 0) is 26.2 Å². The number of anilines is 1. The number of benzene rings is 2. The summed E-state index contributed by atoms with van der Waals surface area (Å²) in [5.74, 6) is -0.443. The summed E-state index contributed by atoms with van der Waals surface area (Å²) in [5, 5.41) is 3.50. The SMILES string of the molecule is CCCCNC(=O)[C@@H](C)N(Cc1ccc(Cl)c(Cl)c1)C(=O)CN(c1cccc(OC)c1)S(C)(=O)=O. The van der Waals surface area contributed by atoms with Gasteiger partial charge in [0.25, 0.3) is 0 Å². The molecule has 0 aliphatic carbocycles. The Bertz CT molecular complexity index is 1140. The Balaban J connectivity index is 2.38. The highest BCUT2D eigenvalue weighted by molar-refractivity contribution is 7.92. The fourth-order valence-corrected chi connectivity index (χ4v) is 4.49. The molecular formula is C24H31Cl2N3O5S. The van der Waals surface area contributed by atoms with Crippen LogP contribution < -0.4 is 14.4 Å². The lowest BCUT2D eigenvalue weighted by atomic mass is 10.1. The van der Waals surface area contributed by atoms with Crippen LogP contribution >= 0.6 is 23.2 Å². The Hall–Kier alpha value is -2.49. The fourth-order valence-electron chi connectivity index (χ4n) is 3.33. The maximum atomic E-state index is 13.5. The molecule has 0 aliphatic rings. The average Bonchev–Trinajstić information content (AvgIpc) is 2.81. The zero-order valence-corrected chi connectivity index (χ0v) is 22.6. The molecule has 11 heteroatoms. The molecule has 2 aromatic rings. The molecule has 0 heterocycles. The van der Waals surface area contributed by atoms with Crippen LogP contribution in [0.25, 0.3) is 0 Å². The summed E-state index contributed by atoms with van der Waals surface area (Å²) >= 11 is 12.2. The minimum absolute atomic E-state index is 0.0355. The van der Waals surface area contributed by atoms with Crippen molar-refractivity contribution in [1.29, 1.82) is 0 Å². The quantitative estimate of drug-likeness (QED) is 0.406. The zero-order chi connectivity index (χ0) is 26.2. The number of rotatable bonds is 12. The summed E-state index contributed by atoms with van der Waals surface area (Å²) < 4.78 is 31.4. The van der Waals surface area contributed by atoms with E-state index < -0.39 is 28.5 Å². The number of hydrogen-bond acceptors (Lipinski definition) is 5. The van der Waals surface area contributed by atoms with E-state index in [1.807, 2.05) is 6.92 Å². The van der Waals surface area contributed by atoms with Gasteiger partial charge >= 0.3 is 0 Å². The van der Waals surface area contributed by atoms with Crippen molar-refractivity contribution in [1.82, 2.24) is 10.2 Å². The van der Waals surface area contributed by atoms with Crippen LogP contribution in [0.3, 0.4) is 0 Å². The van der Waals surface area contributed by atoms with E-state index in [0.29, 0.717) is 27.9 Å². The second-order valence-corrected chi connectivity index (χ2v) is 10.8. The fraction of sp³-hybridized carbons (Fsp3) is 0.417. The van der Waals surface area contributed by atoms with Gasteiger partial charge in [-0.25, -0.2) is 8.42 Å². The van der Waals surface area contributed by atoms with Crippen molar-refractivity contribution in [2.45, 2.75) is 39.3 Å². The van der Waals surface area contributed by atoms with Gasteiger partial charge in [-0.2, -0.15) is 0 Å². The number of unbranched alkanes of at least 4 members (excludes halogenated alkanes) is 1. The van der Waals surface area contributed by atoms with Crippen molar-refractivity contribution < 1.29 is 22.7 Å². The molecule has 2 aromatic carbocycles. The average molecular weight is 545 g/mol. The molecule has 0 radical (unpaired) electrons. The molecule has 35 heavy (non-hydrogen) atoms. The van der Waals surface area contributed by atoms with E-state index in [4.69, 9.17) is 27.9 Å². The van der Waals surface area contributed by atoms with E-state index in [0.717, 1.165) is 23.4 Å². The summed E-state index contributed by atoms with van der Waals surface area (Å²) in [6, 6.07) is 10.5. The number of sulfonamides is 1. The molecule has 0 fully saturated rings. The summed E-state index contributed by atoms with van der Waals surface area (Å²) in [4.78, 5) is 27.7. The van der Waals surface area contributed by atoms with Crippen molar-refractivity contribution >= 4 is 50.7 Å². The van der Waals surface area contributed by atoms with E-state index in [1.54, 1.807) is 43.3 Å². The molecule has 2 amide bonds. The van der Waals surface area contributed by atoms with Crippen LogP contribution in [-0.4, -0.2) is 57.6 Å². The Labute approximate surface area is 217 Å². The van der Waals surface area contributed by atoms with Crippen molar-refractivity contribution in [3.63, 3.8) is 0 Å². The Morgan fingerprint density at radius 1 is 1.11 bits per heavy atom. The minimum Gasteiger partial charge on any atom is -0.497 e. The first kappa shape index (κ1) is 28.7. The zero-order valence-electron chi connectivity index (χ0n) is 20.3. The minimum atomic E-state index is -3.83. The number of carbonyl (C=O) groups excluding carboxylic acids is 2. The molecule has 2 rings (SSSR count). The number of halogens is 2. The summed E-state index contributed by atoms with van der Waals surface area (Å²) in [6.07, 6.45) is 2.73. The van der Waals surface area contributed by atoms with E-state index in [1.165, 1.54) is 18.1 Å². The molecule has 0 aliphatic heterocycles. The van der Waals surface area contributed by atoms with Crippen molar-refractivity contribution in [3.8, 4) is 5.75 Å². The first-order valence-corrected chi connectivity index (χ1v) is 13.7. The van der Waals surface area contributed by atoms with E-state index >= 15 is 0 Å². The maximum absolute atomic E-state index is 13.5. The standard InChI is InChI=1S/C24H31Cl2N3O5S/c1-5-6-12-27-24(31)17(2)28(15-18-10-11-21(25)22(26)13-18)23(30)16-29(35(4,32)33)19-8-7-9-20(14-19)34-3/h7-11,13-14,17H,5-6,12,15-16H2,1-4H3,(H,27,31)/t17-/m1/s1. The molecule has 1 N–H and O–H groups in total. The van der Waals surface area contributed by atoms with Gasteiger partial charge in [-0.05, 0) is 43.2 Å². The summed E-state index contributed by atoms with van der Waals surface area (Å²) in [6.45, 7) is 3.63. The van der Waals surface area contributed by atoms with Crippen molar-refractivity contribution in [2.24, 2.45) is 0 Å². The predicted octanol–water partition coefficient (Wildman–Crippen LogP) is 4.10. The third-order valence-corrected chi connectivity index (χ3v) is 7.23. The molecule has 8 nitrogen and oxygen atoms in total. The number of nitrogens with one attached hydrogen (secondary N) is 1. The number of methoxy groups -OCH3 is 1. The van der Waals surface area contributed by atoms with E-state index in [2.05, 4.69) is 5.32 Å². The van der Waals surface area contributed by atoms with Gasteiger partial charge in [0.1, 0.15) is 18.3 Å². The van der Waals surface area contributed by atoms with Crippen LogP contribution in [0, 0.1) is 0 Å². The van der Waals surface area contributed by atoms with E-state index in [9.17, 15) is 18.0 Å². The smallest absolute Gasteiger partial charge is 0.244 e. The Morgan fingerprint density at radius 2 is 1.83 bits per heavy atom. The first-order chi connectivity index (χ1) is 16.5. The summed E-state index contributed by atoms with van der Waals surface area (Å²) in [5.41, 5.74) is 0.919. The number of ether oxygens (including phenoxy) is 1. The maximum Gasteiger partial charge on any atom is 0.244 e. The molecule has 0 unspecified atom stereocenters. The molecule has 1 atom stereocenters. The second kappa shape index (κ2) is 13.0. The highest BCUT2D eigenvalue weighted by Gasteiger charge is 2.30. The normalized spacial score (nSPS) is 12.1. The van der Waals surface area contributed by atoms with Gasteiger partial charge in [0.2, 0.25) is 21.8 Å². The largest absolute Gasteiger partial charge is 0.497 e. The first-order valence-electron chi connectivity index (χ1n) is 11.1. The highest BCUT2D eigenvalue weighted by Crippen LogP contribution is 2.25. The topological polar surface area (TPSA) is 96.0 Å². The van der Waals surface area contributed by atoms with Crippen LogP contribution in [0.4, 0.5) is 5.69 Å². The van der Waals surface area contributed by atoms with Gasteiger partial charge in [-0.15, -0.1) is 0 Å². The Kier molecular flexibility index (Phi) is 10.7.